The number of hydrogen-bond donors (Lipinski definition) is 2. The van der Waals surface area contributed by atoms with E-state index in [4.69, 9.17) is 9.47 Å². The van der Waals surface area contributed by atoms with E-state index in [1.807, 2.05) is 24.3 Å². The Labute approximate surface area is 159 Å². The van der Waals surface area contributed by atoms with Gasteiger partial charge in [0.25, 0.3) is 0 Å². The van der Waals surface area contributed by atoms with Gasteiger partial charge in [-0.3, -0.25) is 9.59 Å². The van der Waals surface area contributed by atoms with E-state index in [0.717, 1.165) is 27.0 Å². The van der Waals surface area contributed by atoms with Crippen LogP contribution in [0.2, 0.25) is 0 Å². The Morgan fingerprint density at radius 1 is 1.12 bits per heavy atom. The van der Waals surface area contributed by atoms with E-state index in [1.54, 1.807) is 6.07 Å². The number of rotatable bonds is 3. The molecule has 0 fully saturated rings. The Morgan fingerprint density at radius 3 is 2.69 bits per heavy atom. The number of nitrogens with one attached hydrogen (secondary N) is 2. The molecule has 0 atom stereocenters. The molecule has 0 aliphatic carbocycles. The third-order valence-electron chi connectivity index (χ3n) is 4.35. The van der Waals surface area contributed by atoms with Gasteiger partial charge in [0, 0.05) is 22.3 Å². The summed E-state index contributed by atoms with van der Waals surface area (Å²) in [6, 6.07) is 9.19. The minimum absolute atomic E-state index is 0.0257. The molecule has 6 nitrogen and oxygen atoms in total. The normalized spacial score (nSPS) is 15.0. The van der Waals surface area contributed by atoms with Crippen molar-refractivity contribution in [3.63, 3.8) is 0 Å². The van der Waals surface area contributed by atoms with Crippen LogP contribution in [0.3, 0.4) is 0 Å². The fourth-order valence-electron chi connectivity index (χ4n) is 3.08. The van der Waals surface area contributed by atoms with Crippen molar-refractivity contribution in [1.82, 2.24) is 0 Å². The quantitative estimate of drug-likeness (QED) is 0.804. The number of fused-ring (bicyclic) bond motifs is 2. The molecule has 2 N–H and O–H groups in total. The Kier molecular flexibility index (Phi) is 4.55. The van der Waals surface area contributed by atoms with E-state index in [-0.39, 0.29) is 18.2 Å². The van der Waals surface area contributed by atoms with Crippen molar-refractivity contribution in [3.8, 4) is 11.5 Å². The molecule has 4 rings (SSSR count). The lowest BCUT2D eigenvalue weighted by Gasteiger charge is -2.20. The highest BCUT2D eigenvalue weighted by Crippen LogP contribution is 2.36. The minimum atomic E-state index is -0.123. The molecular formula is C19H17BrN2O4. The molecule has 0 unspecified atom stereocenters. The zero-order chi connectivity index (χ0) is 18.1. The summed E-state index contributed by atoms with van der Waals surface area (Å²) < 4.78 is 11.9. The van der Waals surface area contributed by atoms with Gasteiger partial charge in [-0.1, -0.05) is 15.9 Å². The van der Waals surface area contributed by atoms with Crippen LogP contribution in [0.5, 0.6) is 11.5 Å². The molecule has 2 aromatic carbocycles. The van der Waals surface area contributed by atoms with Gasteiger partial charge in [0.2, 0.25) is 11.8 Å². The fraction of sp³-hybridized carbons (Fsp3) is 0.263. The van der Waals surface area contributed by atoms with Crippen molar-refractivity contribution in [1.29, 1.82) is 0 Å². The second kappa shape index (κ2) is 6.99. The number of hydrogen-bond acceptors (Lipinski definition) is 4. The van der Waals surface area contributed by atoms with Gasteiger partial charge < -0.3 is 20.1 Å². The number of carbonyl (C=O) groups is 2. The Balaban J connectivity index is 1.47. The first-order valence-corrected chi connectivity index (χ1v) is 9.18. The second-order valence-corrected chi connectivity index (χ2v) is 7.09. The van der Waals surface area contributed by atoms with Crippen LogP contribution < -0.4 is 20.1 Å². The number of benzene rings is 2. The molecule has 134 valence electrons. The van der Waals surface area contributed by atoms with Gasteiger partial charge in [-0.25, -0.2) is 0 Å². The lowest BCUT2D eigenvalue weighted by Crippen LogP contribution is -2.20. The second-order valence-electron chi connectivity index (χ2n) is 6.23. The molecule has 0 spiro atoms. The molecule has 26 heavy (non-hydrogen) atoms. The van der Waals surface area contributed by atoms with E-state index in [0.29, 0.717) is 37.6 Å². The monoisotopic (exact) mass is 416 g/mol. The van der Waals surface area contributed by atoms with E-state index in [1.165, 1.54) is 0 Å². The molecule has 7 heteroatoms. The van der Waals surface area contributed by atoms with Gasteiger partial charge in [0.1, 0.15) is 13.2 Å². The van der Waals surface area contributed by atoms with Crippen molar-refractivity contribution in [2.75, 3.05) is 23.8 Å². The first-order valence-electron chi connectivity index (χ1n) is 8.39. The molecule has 0 saturated heterocycles. The summed E-state index contributed by atoms with van der Waals surface area (Å²) in [6.45, 7) is 1.03. The predicted octanol–water partition coefficient (Wildman–Crippen LogP) is 3.29. The van der Waals surface area contributed by atoms with Crippen LogP contribution in [0.15, 0.2) is 34.8 Å². The Bertz CT molecular complexity index is 897. The molecule has 2 aliphatic heterocycles. The SMILES string of the molecule is O=C(Cc1cc2c(cc1Br)OCCO2)Nc1ccc2c(c1)CCC(=O)N2. The van der Waals surface area contributed by atoms with Gasteiger partial charge >= 0.3 is 0 Å². The molecular weight excluding hydrogens is 400 g/mol. The molecule has 0 bridgehead atoms. The zero-order valence-corrected chi connectivity index (χ0v) is 15.5. The Hall–Kier alpha value is -2.54. The van der Waals surface area contributed by atoms with Crippen LogP contribution in [0.4, 0.5) is 11.4 Å². The van der Waals surface area contributed by atoms with Gasteiger partial charge in [-0.05, 0) is 47.9 Å². The van der Waals surface area contributed by atoms with Crippen LogP contribution in [-0.2, 0) is 22.4 Å². The Morgan fingerprint density at radius 2 is 1.88 bits per heavy atom. The summed E-state index contributed by atoms with van der Waals surface area (Å²) in [4.78, 5) is 23.9. The standard InChI is InChI=1S/C19H17BrN2O4/c20-14-10-17-16(25-5-6-26-17)8-12(14)9-19(24)21-13-2-3-15-11(7-13)1-4-18(23)22-15/h2-3,7-8,10H,1,4-6,9H2,(H,21,24)(H,22,23). The molecule has 2 amide bonds. The van der Waals surface area contributed by atoms with E-state index in [9.17, 15) is 9.59 Å². The van der Waals surface area contributed by atoms with Crippen LogP contribution in [0.25, 0.3) is 0 Å². The maximum absolute atomic E-state index is 12.4. The van der Waals surface area contributed by atoms with Gasteiger partial charge in [0.05, 0.1) is 6.42 Å². The van der Waals surface area contributed by atoms with Gasteiger partial charge in [-0.15, -0.1) is 0 Å². The topological polar surface area (TPSA) is 76.7 Å². The molecule has 0 aromatic heterocycles. The average Bonchev–Trinajstić information content (AvgIpc) is 2.62. The minimum Gasteiger partial charge on any atom is -0.486 e. The maximum Gasteiger partial charge on any atom is 0.228 e. The molecule has 0 radical (unpaired) electrons. The van der Waals surface area contributed by atoms with Gasteiger partial charge in [0.15, 0.2) is 11.5 Å². The lowest BCUT2D eigenvalue weighted by molar-refractivity contribution is -0.117. The van der Waals surface area contributed by atoms with Crippen molar-refractivity contribution >= 4 is 39.1 Å². The number of carbonyl (C=O) groups excluding carboxylic acids is 2. The number of anilines is 2. The maximum atomic E-state index is 12.4. The highest BCUT2D eigenvalue weighted by molar-refractivity contribution is 9.10. The van der Waals surface area contributed by atoms with Crippen molar-refractivity contribution < 1.29 is 19.1 Å². The average molecular weight is 417 g/mol. The highest BCUT2D eigenvalue weighted by atomic mass is 79.9. The number of halogens is 1. The molecule has 2 aliphatic rings. The van der Waals surface area contributed by atoms with Crippen LogP contribution in [-0.4, -0.2) is 25.0 Å². The zero-order valence-electron chi connectivity index (χ0n) is 13.9. The third-order valence-corrected chi connectivity index (χ3v) is 5.08. The first kappa shape index (κ1) is 16.9. The predicted molar refractivity (Wildman–Crippen MR) is 101 cm³/mol. The summed E-state index contributed by atoms with van der Waals surface area (Å²) in [6.07, 6.45) is 1.36. The third kappa shape index (κ3) is 3.53. The van der Waals surface area contributed by atoms with Gasteiger partial charge in [-0.2, -0.15) is 0 Å². The lowest BCUT2D eigenvalue weighted by atomic mass is 10.0. The number of amides is 2. The fourth-order valence-corrected chi connectivity index (χ4v) is 3.54. The molecule has 2 aromatic rings. The van der Waals surface area contributed by atoms with Crippen molar-refractivity contribution in [2.45, 2.75) is 19.3 Å². The molecule has 0 saturated carbocycles. The summed E-state index contributed by atoms with van der Waals surface area (Å²) in [7, 11) is 0. The first-order chi connectivity index (χ1) is 12.6. The summed E-state index contributed by atoms with van der Waals surface area (Å²) >= 11 is 3.49. The largest absolute Gasteiger partial charge is 0.486 e. The van der Waals surface area contributed by atoms with Crippen LogP contribution >= 0.6 is 15.9 Å². The summed E-state index contributed by atoms with van der Waals surface area (Å²) in [5.74, 6) is 1.25. The number of aryl methyl sites for hydroxylation is 1. The van der Waals surface area contributed by atoms with E-state index < -0.39 is 0 Å². The summed E-state index contributed by atoms with van der Waals surface area (Å²) in [5, 5.41) is 5.75. The highest BCUT2D eigenvalue weighted by Gasteiger charge is 2.18. The van der Waals surface area contributed by atoms with Crippen LogP contribution in [0, 0.1) is 0 Å². The van der Waals surface area contributed by atoms with Crippen LogP contribution in [0.1, 0.15) is 17.5 Å². The van der Waals surface area contributed by atoms with E-state index >= 15 is 0 Å². The van der Waals surface area contributed by atoms with E-state index in [2.05, 4.69) is 26.6 Å². The summed E-state index contributed by atoms with van der Waals surface area (Å²) in [5.41, 5.74) is 3.40. The molecule has 2 heterocycles. The van der Waals surface area contributed by atoms with Crippen molar-refractivity contribution in [2.24, 2.45) is 0 Å². The number of ether oxygens (including phenoxy) is 2. The smallest absolute Gasteiger partial charge is 0.228 e. The van der Waals surface area contributed by atoms with Crippen molar-refractivity contribution in [3.05, 3.63) is 45.9 Å².